The van der Waals surface area contributed by atoms with E-state index in [9.17, 15) is 9.90 Å². The zero-order valence-corrected chi connectivity index (χ0v) is 12.2. The maximum Gasteiger partial charge on any atom is 0.252 e. The summed E-state index contributed by atoms with van der Waals surface area (Å²) in [5, 5.41) is 12.2. The number of aliphatic hydroxyl groups is 1. The monoisotopic (exact) mass is 349 g/mol. The lowest BCUT2D eigenvalue weighted by atomic mass is 10.1. The van der Waals surface area contributed by atoms with Crippen LogP contribution >= 0.6 is 22.6 Å². The van der Waals surface area contributed by atoms with E-state index in [0.717, 1.165) is 3.57 Å². The van der Waals surface area contributed by atoms with Gasteiger partial charge in [-0.25, -0.2) is 0 Å². The summed E-state index contributed by atoms with van der Waals surface area (Å²) in [6.45, 7) is 3.51. The van der Waals surface area contributed by atoms with Crippen LogP contribution in [0.15, 0.2) is 18.2 Å². The minimum Gasteiger partial charge on any atom is -0.497 e. The number of benzene rings is 1. The highest BCUT2D eigenvalue weighted by atomic mass is 127. The van der Waals surface area contributed by atoms with Crippen molar-refractivity contribution in [1.29, 1.82) is 0 Å². The average molecular weight is 349 g/mol. The van der Waals surface area contributed by atoms with E-state index in [-0.39, 0.29) is 12.5 Å². The molecule has 0 fully saturated rings. The van der Waals surface area contributed by atoms with Gasteiger partial charge in [-0.1, -0.05) is 0 Å². The maximum atomic E-state index is 11.8. The lowest BCUT2D eigenvalue weighted by molar-refractivity contribution is 0.0694. The van der Waals surface area contributed by atoms with Gasteiger partial charge in [0.05, 0.1) is 18.3 Å². The molecule has 0 atom stereocenters. The fraction of sp³-hybridized carbons (Fsp3) is 0.417. The number of amides is 1. The predicted molar refractivity (Wildman–Crippen MR) is 74.3 cm³/mol. The van der Waals surface area contributed by atoms with E-state index in [1.165, 1.54) is 0 Å². The first-order valence-electron chi connectivity index (χ1n) is 5.17. The van der Waals surface area contributed by atoms with Gasteiger partial charge in [-0.05, 0) is 54.6 Å². The Labute approximate surface area is 115 Å². The van der Waals surface area contributed by atoms with Crippen molar-refractivity contribution in [3.05, 3.63) is 27.3 Å². The Morgan fingerprint density at radius 2 is 2.18 bits per heavy atom. The quantitative estimate of drug-likeness (QED) is 0.815. The molecule has 17 heavy (non-hydrogen) atoms. The lowest BCUT2D eigenvalue weighted by Crippen LogP contribution is -2.38. The number of methoxy groups -OCH3 is 1. The van der Waals surface area contributed by atoms with Gasteiger partial charge in [-0.2, -0.15) is 0 Å². The van der Waals surface area contributed by atoms with Crippen LogP contribution in [0.1, 0.15) is 24.2 Å². The fourth-order valence-electron chi connectivity index (χ4n) is 1.20. The summed E-state index contributed by atoms with van der Waals surface area (Å²) in [6.07, 6.45) is 0. The van der Waals surface area contributed by atoms with Gasteiger partial charge in [0, 0.05) is 10.1 Å². The molecule has 0 saturated carbocycles. The van der Waals surface area contributed by atoms with Crippen LogP contribution in [-0.4, -0.2) is 30.3 Å². The normalized spacial score (nSPS) is 11.1. The summed E-state index contributed by atoms with van der Waals surface area (Å²) in [7, 11) is 1.58. The number of hydrogen-bond acceptors (Lipinski definition) is 3. The van der Waals surface area contributed by atoms with Gasteiger partial charge in [-0.15, -0.1) is 0 Å². The summed E-state index contributed by atoms with van der Waals surface area (Å²) in [5.41, 5.74) is -0.330. The van der Waals surface area contributed by atoms with Crippen LogP contribution in [-0.2, 0) is 0 Å². The lowest BCUT2D eigenvalue weighted by Gasteiger charge is -2.18. The Balaban J connectivity index is 2.76. The predicted octanol–water partition coefficient (Wildman–Crippen LogP) is 1.80. The van der Waals surface area contributed by atoms with Crippen molar-refractivity contribution in [3.8, 4) is 5.75 Å². The molecule has 0 unspecified atom stereocenters. The summed E-state index contributed by atoms with van der Waals surface area (Å²) in [5.74, 6) is 0.521. The number of ether oxygens (including phenoxy) is 1. The third kappa shape index (κ3) is 4.51. The molecule has 0 spiro atoms. The molecular weight excluding hydrogens is 333 g/mol. The van der Waals surface area contributed by atoms with E-state index < -0.39 is 5.60 Å². The Kier molecular flexibility index (Phi) is 4.76. The molecule has 1 aromatic carbocycles. The zero-order valence-electron chi connectivity index (χ0n) is 10.1. The van der Waals surface area contributed by atoms with Gasteiger partial charge < -0.3 is 15.2 Å². The van der Waals surface area contributed by atoms with Crippen molar-refractivity contribution < 1.29 is 14.6 Å². The second-order valence-corrected chi connectivity index (χ2v) is 5.50. The third-order valence-electron chi connectivity index (χ3n) is 2.10. The van der Waals surface area contributed by atoms with Crippen LogP contribution in [0.25, 0.3) is 0 Å². The van der Waals surface area contributed by atoms with E-state index in [0.29, 0.717) is 11.3 Å². The fourth-order valence-corrected chi connectivity index (χ4v) is 1.93. The molecule has 0 aliphatic rings. The molecule has 0 saturated heterocycles. The highest BCUT2D eigenvalue weighted by Crippen LogP contribution is 2.19. The summed E-state index contributed by atoms with van der Waals surface area (Å²) in [4.78, 5) is 11.8. The largest absolute Gasteiger partial charge is 0.497 e. The number of halogens is 1. The first-order chi connectivity index (χ1) is 7.83. The second-order valence-electron chi connectivity index (χ2n) is 4.34. The molecule has 5 heteroatoms. The molecule has 94 valence electrons. The number of nitrogens with one attached hydrogen (secondary N) is 1. The number of rotatable bonds is 4. The Morgan fingerprint density at radius 1 is 1.53 bits per heavy atom. The SMILES string of the molecule is COc1ccc(C(=O)NCC(C)(C)O)c(I)c1. The van der Waals surface area contributed by atoms with Crippen LogP contribution < -0.4 is 10.1 Å². The van der Waals surface area contributed by atoms with E-state index in [4.69, 9.17) is 4.74 Å². The van der Waals surface area contributed by atoms with Gasteiger partial charge in [0.1, 0.15) is 5.75 Å². The van der Waals surface area contributed by atoms with Gasteiger partial charge in [-0.3, -0.25) is 4.79 Å². The van der Waals surface area contributed by atoms with Gasteiger partial charge >= 0.3 is 0 Å². The summed E-state index contributed by atoms with van der Waals surface area (Å²) >= 11 is 2.08. The summed E-state index contributed by atoms with van der Waals surface area (Å²) in [6, 6.07) is 5.24. The van der Waals surface area contributed by atoms with E-state index >= 15 is 0 Å². The minimum atomic E-state index is -0.909. The van der Waals surface area contributed by atoms with E-state index in [1.807, 2.05) is 0 Å². The van der Waals surface area contributed by atoms with Gasteiger partial charge in [0.25, 0.3) is 5.91 Å². The molecular formula is C12H16INO3. The highest BCUT2D eigenvalue weighted by Gasteiger charge is 2.16. The van der Waals surface area contributed by atoms with Crippen molar-refractivity contribution in [3.63, 3.8) is 0 Å². The van der Waals surface area contributed by atoms with Crippen LogP contribution in [0.2, 0.25) is 0 Å². The molecule has 0 heterocycles. The molecule has 2 N–H and O–H groups in total. The Hall–Kier alpha value is -0.820. The topological polar surface area (TPSA) is 58.6 Å². The van der Waals surface area contributed by atoms with Crippen LogP contribution in [0.4, 0.5) is 0 Å². The van der Waals surface area contributed by atoms with Gasteiger partial charge in [0.15, 0.2) is 0 Å². The maximum absolute atomic E-state index is 11.8. The Morgan fingerprint density at radius 3 is 2.65 bits per heavy atom. The van der Waals surface area contributed by atoms with Crippen molar-refractivity contribution in [2.75, 3.05) is 13.7 Å². The highest BCUT2D eigenvalue weighted by molar-refractivity contribution is 14.1. The first kappa shape index (κ1) is 14.2. The number of carbonyl (C=O) groups is 1. The van der Waals surface area contributed by atoms with Crippen molar-refractivity contribution >= 4 is 28.5 Å². The van der Waals surface area contributed by atoms with E-state index in [1.54, 1.807) is 39.2 Å². The molecule has 1 rings (SSSR count). The molecule has 0 bridgehead atoms. The standard InChI is InChI=1S/C12H16INO3/c1-12(2,16)7-14-11(15)9-5-4-8(17-3)6-10(9)13/h4-6,16H,7H2,1-3H3,(H,14,15). The first-order valence-corrected chi connectivity index (χ1v) is 6.25. The smallest absolute Gasteiger partial charge is 0.252 e. The van der Waals surface area contributed by atoms with Gasteiger partial charge in [0.2, 0.25) is 0 Å². The third-order valence-corrected chi connectivity index (χ3v) is 2.99. The molecule has 1 amide bonds. The molecule has 0 radical (unpaired) electrons. The number of hydrogen-bond donors (Lipinski definition) is 2. The zero-order chi connectivity index (χ0) is 13.1. The number of carbonyl (C=O) groups excluding carboxylic acids is 1. The molecule has 0 aliphatic heterocycles. The van der Waals surface area contributed by atoms with Crippen molar-refractivity contribution in [2.24, 2.45) is 0 Å². The molecule has 1 aromatic rings. The molecule has 0 aromatic heterocycles. The molecule has 4 nitrogen and oxygen atoms in total. The Bertz CT molecular complexity index is 413. The minimum absolute atomic E-state index is 0.195. The van der Waals surface area contributed by atoms with Crippen molar-refractivity contribution in [2.45, 2.75) is 19.4 Å². The van der Waals surface area contributed by atoms with Crippen LogP contribution in [0.3, 0.4) is 0 Å². The van der Waals surface area contributed by atoms with Crippen LogP contribution in [0, 0.1) is 3.57 Å². The van der Waals surface area contributed by atoms with Crippen LogP contribution in [0.5, 0.6) is 5.75 Å². The summed E-state index contributed by atoms with van der Waals surface area (Å²) < 4.78 is 5.88. The second kappa shape index (κ2) is 5.68. The average Bonchev–Trinajstić information content (AvgIpc) is 2.24. The molecule has 0 aliphatic carbocycles. The van der Waals surface area contributed by atoms with Crippen molar-refractivity contribution in [1.82, 2.24) is 5.32 Å². The van der Waals surface area contributed by atoms with E-state index in [2.05, 4.69) is 27.9 Å².